The van der Waals surface area contributed by atoms with E-state index in [1.807, 2.05) is 38.1 Å². The van der Waals surface area contributed by atoms with E-state index in [1.54, 1.807) is 6.07 Å². The van der Waals surface area contributed by atoms with Gasteiger partial charge in [0.1, 0.15) is 5.82 Å². The molecule has 0 saturated heterocycles. The zero-order valence-corrected chi connectivity index (χ0v) is 16.3. The zero-order chi connectivity index (χ0) is 18.7. The normalized spacial score (nSPS) is 12.7. The van der Waals surface area contributed by atoms with Crippen LogP contribution in [0.5, 0.6) is 0 Å². The standard InChI is InChI=1S/C21H23FN2O2.ClH/c1-13-3-4-14(2)17(11-13)19(25)7-8-20(26)24-18-6-5-15-12-23-10-9-16(15)21(18)22;/h3-6,11,23H,7-10,12H2,1-2H3,(H,24,26);1H. The van der Waals surface area contributed by atoms with E-state index in [9.17, 15) is 14.0 Å². The van der Waals surface area contributed by atoms with Crippen molar-refractivity contribution >= 4 is 29.8 Å². The molecule has 0 aromatic heterocycles. The van der Waals surface area contributed by atoms with Crippen molar-refractivity contribution in [1.82, 2.24) is 5.32 Å². The molecule has 6 heteroatoms. The number of carbonyl (C=O) groups is 2. The molecular weight excluding hydrogens is 367 g/mol. The Balaban J connectivity index is 0.00000261. The molecule has 1 aliphatic heterocycles. The molecule has 1 aliphatic rings. The lowest BCUT2D eigenvalue weighted by Gasteiger charge is -2.19. The minimum Gasteiger partial charge on any atom is -0.324 e. The Kier molecular flexibility index (Phi) is 7.11. The van der Waals surface area contributed by atoms with Crippen molar-refractivity contribution in [2.24, 2.45) is 0 Å². The smallest absolute Gasteiger partial charge is 0.224 e. The predicted octanol–water partition coefficient (Wildman–Crippen LogP) is 4.11. The minimum atomic E-state index is -0.363. The number of hydrogen-bond acceptors (Lipinski definition) is 3. The van der Waals surface area contributed by atoms with Crippen LogP contribution in [0.1, 0.15) is 45.5 Å². The number of hydrogen-bond donors (Lipinski definition) is 2. The van der Waals surface area contributed by atoms with E-state index in [0.29, 0.717) is 24.1 Å². The number of Topliss-reactive ketones (excluding diaryl/α,β-unsaturated/α-hetero) is 1. The number of aryl methyl sites for hydroxylation is 2. The number of benzene rings is 2. The van der Waals surface area contributed by atoms with E-state index >= 15 is 0 Å². The van der Waals surface area contributed by atoms with Gasteiger partial charge in [0.25, 0.3) is 0 Å². The highest BCUT2D eigenvalue weighted by Gasteiger charge is 2.18. The quantitative estimate of drug-likeness (QED) is 0.755. The van der Waals surface area contributed by atoms with Gasteiger partial charge in [-0.15, -0.1) is 12.4 Å². The summed E-state index contributed by atoms with van der Waals surface area (Å²) in [4.78, 5) is 24.6. The largest absolute Gasteiger partial charge is 0.324 e. The molecule has 1 amide bonds. The number of amides is 1. The number of ketones is 1. The number of carbonyl (C=O) groups excluding carboxylic acids is 2. The summed E-state index contributed by atoms with van der Waals surface area (Å²) >= 11 is 0. The zero-order valence-electron chi connectivity index (χ0n) is 15.5. The molecule has 0 bridgehead atoms. The summed E-state index contributed by atoms with van der Waals surface area (Å²) < 4.78 is 14.6. The van der Waals surface area contributed by atoms with Gasteiger partial charge in [-0.05, 0) is 55.6 Å². The summed E-state index contributed by atoms with van der Waals surface area (Å²) in [6.45, 7) is 5.18. The summed E-state index contributed by atoms with van der Waals surface area (Å²) in [6.07, 6.45) is 0.743. The Labute approximate surface area is 165 Å². The second-order valence-electron chi connectivity index (χ2n) is 6.78. The lowest BCUT2D eigenvalue weighted by molar-refractivity contribution is -0.116. The lowest BCUT2D eigenvalue weighted by Crippen LogP contribution is -2.25. The van der Waals surface area contributed by atoms with Gasteiger partial charge < -0.3 is 10.6 Å². The fourth-order valence-electron chi connectivity index (χ4n) is 3.24. The fourth-order valence-corrected chi connectivity index (χ4v) is 3.24. The Bertz CT molecular complexity index is 868. The van der Waals surface area contributed by atoms with Crippen molar-refractivity contribution in [2.45, 2.75) is 39.7 Å². The molecule has 3 rings (SSSR count). The number of halogens is 2. The third-order valence-electron chi connectivity index (χ3n) is 4.75. The van der Waals surface area contributed by atoms with E-state index < -0.39 is 0 Å². The van der Waals surface area contributed by atoms with Crippen LogP contribution < -0.4 is 10.6 Å². The van der Waals surface area contributed by atoms with E-state index in [2.05, 4.69) is 10.6 Å². The van der Waals surface area contributed by atoms with Crippen LogP contribution >= 0.6 is 12.4 Å². The maximum atomic E-state index is 14.6. The van der Waals surface area contributed by atoms with Gasteiger partial charge in [0.15, 0.2) is 5.78 Å². The molecule has 0 atom stereocenters. The molecule has 144 valence electrons. The number of anilines is 1. The topological polar surface area (TPSA) is 58.2 Å². The van der Waals surface area contributed by atoms with Gasteiger partial charge in [-0.1, -0.05) is 23.8 Å². The van der Waals surface area contributed by atoms with Crippen LogP contribution in [0.25, 0.3) is 0 Å². The summed E-state index contributed by atoms with van der Waals surface area (Å²) in [5.74, 6) is -0.784. The van der Waals surface area contributed by atoms with Crippen molar-refractivity contribution in [3.05, 3.63) is 64.0 Å². The van der Waals surface area contributed by atoms with Crippen LogP contribution in [-0.4, -0.2) is 18.2 Å². The third-order valence-corrected chi connectivity index (χ3v) is 4.75. The first-order valence-electron chi connectivity index (χ1n) is 8.87. The van der Waals surface area contributed by atoms with Gasteiger partial charge in [0.05, 0.1) is 5.69 Å². The predicted molar refractivity (Wildman–Crippen MR) is 107 cm³/mol. The molecular formula is C21H24ClFN2O2. The fraction of sp³-hybridized carbons (Fsp3) is 0.333. The molecule has 2 aromatic rings. The molecule has 2 N–H and O–H groups in total. The van der Waals surface area contributed by atoms with Gasteiger partial charge in [-0.25, -0.2) is 4.39 Å². The van der Waals surface area contributed by atoms with Crippen molar-refractivity contribution in [3.63, 3.8) is 0 Å². The van der Waals surface area contributed by atoms with Gasteiger partial charge in [0, 0.05) is 24.9 Å². The number of rotatable bonds is 5. The molecule has 0 fully saturated rings. The van der Waals surface area contributed by atoms with Crippen LogP contribution in [0.15, 0.2) is 30.3 Å². The van der Waals surface area contributed by atoms with Crippen LogP contribution in [0.3, 0.4) is 0 Å². The molecule has 2 aromatic carbocycles. The highest BCUT2D eigenvalue weighted by molar-refractivity contribution is 6.01. The maximum Gasteiger partial charge on any atom is 0.224 e. The number of nitrogens with one attached hydrogen (secondary N) is 2. The molecule has 0 aliphatic carbocycles. The highest BCUT2D eigenvalue weighted by Crippen LogP contribution is 2.24. The molecule has 0 unspecified atom stereocenters. The molecule has 4 nitrogen and oxygen atoms in total. The summed E-state index contributed by atoms with van der Waals surface area (Å²) in [5.41, 5.74) is 4.33. The Morgan fingerprint density at radius 3 is 2.70 bits per heavy atom. The second kappa shape index (κ2) is 9.11. The molecule has 1 heterocycles. The van der Waals surface area contributed by atoms with Crippen LogP contribution in [0, 0.1) is 19.7 Å². The van der Waals surface area contributed by atoms with Crippen LogP contribution in [0.2, 0.25) is 0 Å². The molecule has 0 spiro atoms. The Hall–Kier alpha value is -2.24. The monoisotopic (exact) mass is 390 g/mol. The molecule has 0 radical (unpaired) electrons. The van der Waals surface area contributed by atoms with E-state index in [0.717, 1.165) is 23.2 Å². The first-order valence-corrected chi connectivity index (χ1v) is 8.87. The SMILES string of the molecule is Cc1ccc(C)c(C(=O)CCC(=O)Nc2ccc3c(c2F)CCNC3)c1.Cl. The Morgan fingerprint density at radius 1 is 1.15 bits per heavy atom. The average molecular weight is 391 g/mol. The van der Waals surface area contributed by atoms with Gasteiger partial charge in [-0.3, -0.25) is 9.59 Å². The van der Waals surface area contributed by atoms with Crippen molar-refractivity contribution in [3.8, 4) is 0 Å². The van der Waals surface area contributed by atoms with Crippen LogP contribution in [0.4, 0.5) is 10.1 Å². The summed E-state index contributed by atoms with van der Waals surface area (Å²) in [6, 6.07) is 9.12. The maximum absolute atomic E-state index is 14.6. The third kappa shape index (κ3) is 4.93. The lowest BCUT2D eigenvalue weighted by atomic mass is 9.98. The first kappa shape index (κ1) is 21.1. The van der Waals surface area contributed by atoms with E-state index in [1.165, 1.54) is 0 Å². The average Bonchev–Trinajstić information content (AvgIpc) is 2.64. The first-order chi connectivity index (χ1) is 12.5. The molecule has 27 heavy (non-hydrogen) atoms. The number of fused-ring (bicyclic) bond motifs is 1. The van der Waals surface area contributed by atoms with Crippen molar-refractivity contribution in [1.29, 1.82) is 0 Å². The van der Waals surface area contributed by atoms with Crippen LogP contribution in [-0.2, 0) is 17.8 Å². The van der Waals surface area contributed by atoms with E-state index in [-0.39, 0.29) is 48.4 Å². The highest BCUT2D eigenvalue weighted by atomic mass is 35.5. The van der Waals surface area contributed by atoms with Gasteiger partial charge in [-0.2, -0.15) is 0 Å². The summed E-state index contributed by atoms with van der Waals surface area (Å²) in [7, 11) is 0. The van der Waals surface area contributed by atoms with Gasteiger partial charge in [0.2, 0.25) is 5.91 Å². The van der Waals surface area contributed by atoms with Crippen molar-refractivity contribution < 1.29 is 14.0 Å². The van der Waals surface area contributed by atoms with Crippen molar-refractivity contribution in [2.75, 3.05) is 11.9 Å². The minimum absolute atomic E-state index is 0. The summed E-state index contributed by atoms with van der Waals surface area (Å²) in [5, 5.41) is 5.80. The Morgan fingerprint density at radius 2 is 1.93 bits per heavy atom. The van der Waals surface area contributed by atoms with E-state index in [4.69, 9.17) is 0 Å². The van der Waals surface area contributed by atoms with Gasteiger partial charge >= 0.3 is 0 Å². The molecule has 0 saturated carbocycles. The second-order valence-corrected chi connectivity index (χ2v) is 6.78.